The first kappa shape index (κ1) is 13.1. The molecule has 0 amide bonds. The normalized spacial score (nSPS) is 12.4. The Balaban J connectivity index is 2.23. The molecule has 1 unspecified atom stereocenters. The van der Waals surface area contributed by atoms with Crippen molar-refractivity contribution < 1.29 is 0 Å². The van der Waals surface area contributed by atoms with Crippen LogP contribution in [-0.4, -0.2) is 12.0 Å². The van der Waals surface area contributed by atoms with Gasteiger partial charge in [-0.2, -0.15) is 0 Å². The predicted octanol–water partition coefficient (Wildman–Crippen LogP) is 3.11. The van der Waals surface area contributed by atoms with Crippen molar-refractivity contribution >= 4 is 17.2 Å². The van der Waals surface area contributed by atoms with Crippen LogP contribution in [0.4, 0.5) is 5.82 Å². The summed E-state index contributed by atoms with van der Waals surface area (Å²) in [6, 6.07) is 8.68. The van der Waals surface area contributed by atoms with E-state index in [0.29, 0.717) is 12.6 Å². The van der Waals surface area contributed by atoms with Crippen LogP contribution in [-0.2, 0) is 6.54 Å². The largest absolute Gasteiger partial charge is 0.352 e. The van der Waals surface area contributed by atoms with E-state index in [2.05, 4.69) is 47.4 Å². The number of aryl methyl sites for hydroxylation is 1. The van der Waals surface area contributed by atoms with Gasteiger partial charge in [0.15, 0.2) is 0 Å². The van der Waals surface area contributed by atoms with Gasteiger partial charge in [0.1, 0.15) is 5.82 Å². The van der Waals surface area contributed by atoms with Gasteiger partial charge in [-0.1, -0.05) is 12.1 Å². The van der Waals surface area contributed by atoms with E-state index in [0.717, 1.165) is 17.1 Å². The van der Waals surface area contributed by atoms with E-state index >= 15 is 0 Å². The lowest BCUT2D eigenvalue weighted by Gasteiger charge is -2.25. The molecule has 2 aromatic rings. The summed E-state index contributed by atoms with van der Waals surface area (Å²) in [4.78, 5) is 8.17. The van der Waals surface area contributed by atoms with Crippen LogP contribution in [0.25, 0.3) is 0 Å². The van der Waals surface area contributed by atoms with Crippen LogP contribution in [0.5, 0.6) is 0 Å². The second kappa shape index (κ2) is 5.50. The number of thiophene rings is 1. The molecule has 2 aromatic heterocycles. The summed E-state index contributed by atoms with van der Waals surface area (Å²) < 4.78 is 0. The van der Waals surface area contributed by atoms with E-state index in [4.69, 9.17) is 5.73 Å². The van der Waals surface area contributed by atoms with Gasteiger partial charge < -0.3 is 10.6 Å². The number of hydrogen-bond acceptors (Lipinski definition) is 4. The fourth-order valence-corrected chi connectivity index (χ4v) is 2.73. The van der Waals surface area contributed by atoms with E-state index in [-0.39, 0.29) is 0 Å². The van der Waals surface area contributed by atoms with Crippen molar-refractivity contribution in [2.24, 2.45) is 5.73 Å². The highest BCUT2D eigenvalue weighted by Crippen LogP contribution is 2.27. The van der Waals surface area contributed by atoms with Crippen LogP contribution in [0.3, 0.4) is 0 Å². The quantitative estimate of drug-likeness (QED) is 0.919. The summed E-state index contributed by atoms with van der Waals surface area (Å²) >= 11 is 1.78. The van der Waals surface area contributed by atoms with Crippen molar-refractivity contribution in [2.75, 3.05) is 11.9 Å². The Morgan fingerprint density at radius 3 is 2.72 bits per heavy atom. The molecule has 18 heavy (non-hydrogen) atoms. The summed E-state index contributed by atoms with van der Waals surface area (Å²) in [6.45, 7) is 4.75. The molecule has 0 aliphatic rings. The number of nitrogens with zero attached hydrogens (tertiary/aromatic N) is 2. The molecule has 2 rings (SSSR count). The SMILES string of the molecule is Cc1nc(N(C)C(C)c2cccs2)ccc1CN. The average molecular weight is 261 g/mol. The van der Waals surface area contributed by atoms with Crippen LogP contribution < -0.4 is 10.6 Å². The van der Waals surface area contributed by atoms with Gasteiger partial charge in [-0.05, 0) is 36.9 Å². The van der Waals surface area contributed by atoms with Crippen LogP contribution in [0.15, 0.2) is 29.6 Å². The molecule has 0 bridgehead atoms. The number of rotatable bonds is 4. The number of anilines is 1. The van der Waals surface area contributed by atoms with Gasteiger partial charge in [-0.3, -0.25) is 0 Å². The Bertz CT molecular complexity index is 508. The van der Waals surface area contributed by atoms with Crippen LogP contribution in [0, 0.1) is 6.92 Å². The van der Waals surface area contributed by atoms with Crippen molar-refractivity contribution in [1.29, 1.82) is 0 Å². The lowest BCUT2D eigenvalue weighted by molar-refractivity contribution is 0.739. The summed E-state index contributed by atoms with van der Waals surface area (Å²) in [5.74, 6) is 0.991. The topological polar surface area (TPSA) is 42.2 Å². The van der Waals surface area contributed by atoms with Crippen LogP contribution in [0.1, 0.15) is 29.1 Å². The Kier molecular flexibility index (Phi) is 3.99. The molecule has 0 aliphatic heterocycles. The molecule has 2 heterocycles. The maximum atomic E-state index is 5.66. The summed E-state index contributed by atoms with van der Waals surface area (Å²) in [7, 11) is 2.08. The highest BCUT2D eigenvalue weighted by molar-refractivity contribution is 7.10. The highest BCUT2D eigenvalue weighted by Gasteiger charge is 2.14. The van der Waals surface area contributed by atoms with E-state index in [9.17, 15) is 0 Å². The minimum absolute atomic E-state index is 0.334. The number of aromatic nitrogens is 1. The first-order valence-corrected chi connectivity index (χ1v) is 6.94. The maximum Gasteiger partial charge on any atom is 0.129 e. The molecule has 0 saturated heterocycles. The third kappa shape index (κ3) is 2.54. The molecule has 0 fully saturated rings. The average Bonchev–Trinajstić information content (AvgIpc) is 2.90. The summed E-state index contributed by atoms with van der Waals surface area (Å²) in [5, 5.41) is 2.11. The molecule has 0 aromatic carbocycles. The van der Waals surface area contributed by atoms with E-state index in [1.54, 1.807) is 11.3 Å². The second-order valence-electron chi connectivity index (χ2n) is 4.42. The maximum absolute atomic E-state index is 5.66. The van der Waals surface area contributed by atoms with Crippen molar-refractivity contribution in [3.63, 3.8) is 0 Å². The molecule has 3 nitrogen and oxygen atoms in total. The van der Waals surface area contributed by atoms with Crippen LogP contribution in [0.2, 0.25) is 0 Å². The summed E-state index contributed by atoms with van der Waals surface area (Å²) in [6.07, 6.45) is 0. The molecule has 4 heteroatoms. The molecule has 0 radical (unpaired) electrons. The standard InChI is InChI=1S/C14H19N3S/c1-10-12(9-15)6-7-14(16-10)17(3)11(2)13-5-4-8-18-13/h4-8,11H,9,15H2,1-3H3. The van der Waals surface area contributed by atoms with Gasteiger partial charge in [0, 0.05) is 24.2 Å². The molecular weight excluding hydrogens is 242 g/mol. The first-order chi connectivity index (χ1) is 8.63. The monoisotopic (exact) mass is 261 g/mol. The lowest BCUT2D eigenvalue weighted by Crippen LogP contribution is -2.22. The highest BCUT2D eigenvalue weighted by atomic mass is 32.1. The zero-order valence-electron chi connectivity index (χ0n) is 11.1. The Morgan fingerprint density at radius 1 is 1.39 bits per heavy atom. The van der Waals surface area contributed by atoms with Gasteiger partial charge in [0.05, 0.1) is 6.04 Å². The van der Waals surface area contributed by atoms with Gasteiger partial charge in [-0.15, -0.1) is 11.3 Å². The van der Waals surface area contributed by atoms with Gasteiger partial charge in [0.25, 0.3) is 0 Å². The molecule has 0 saturated carbocycles. The van der Waals surface area contributed by atoms with Crippen molar-refractivity contribution in [2.45, 2.75) is 26.4 Å². The lowest BCUT2D eigenvalue weighted by atomic mass is 10.2. The van der Waals surface area contributed by atoms with Crippen LogP contribution >= 0.6 is 11.3 Å². The zero-order valence-corrected chi connectivity index (χ0v) is 11.9. The number of pyridine rings is 1. The molecular formula is C14H19N3S. The predicted molar refractivity (Wildman–Crippen MR) is 78.0 cm³/mol. The molecule has 0 spiro atoms. The van der Waals surface area contributed by atoms with Gasteiger partial charge >= 0.3 is 0 Å². The van der Waals surface area contributed by atoms with Crippen molar-refractivity contribution in [1.82, 2.24) is 4.98 Å². The molecule has 2 N–H and O–H groups in total. The number of nitrogens with two attached hydrogens (primary N) is 1. The third-order valence-electron chi connectivity index (χ3n) is 3.30. The Morgan fingerprint density at radius 2 is 2.17 bits per heavy atom. The fourth-order valence-electron chi connectivity index (χ4n) is 1.91. The smallest absolute Gasteiger partial charge is 0.129 e. The summed E-state index contributed by atoms with van der Waals surface area (Å²) in [5.41, 5.74) is 7.78. The van der Waals surface area contributed by atoms with Crippen molar-refractivity contribution in [3.8, 4) is 0 Å². The van der Waals surface area contributed by atoms with Crippen molar-refractivity contribution in [3.05, 3.63) is 45.8 Å². The van der Waals surface area contributed by atoms with Gasteiger partial charge in [0.2, 0.25) is 0 Å². The first-order valence-electron chi connectivity index (χ1n) is 6.06. The fraction of sp³-hybridized carbons (Fsp3) is 0.357. The molecule has 1 atom stereocenters. The molecule has 96 valence electrons. The minimum Gasteiger partial charge on any atom is -0.352 e. The Hall–Kier alpha value is -1.39. The van der Waals surface area contributed by atoms with E-state index in [1.165, 1.54) is 4.88 Å². The molecule has 0 aliphatic carbocycles. The second-order valence-corrected chi connectivity index (χ2v) is 5.40. The minimum atomic E-state index is 0.334. The number of hydrogen-bond donors (Lipinski definition) is 1. The zero-order chi connectivity index (χ0) is 13.1. The van der Waals surface area contributed by atoms with E-state index < -0.39 is 0 Å². The van der Waals surface area contributed by atoms with Gasteiger partial charge in [-0.25, -0.2) is 4.98 Å². The third-order valence-corrected chi connectivity index (χ3v) is 4.34. The Labute approximate surface area is 112 Å². The van der Waals surface area contributed by atoms with E-state index in [1.807, 2.05) is 13.0 Å².